The van der Waals surface area contributed by atoms with Gasteiger partial charge in [-0.3, -0.25) is 9.59 Å². The Morgan fingerprint density at radius 3 is 2.32 bits per heavy atom. The third-order valence-electron chi connectivity index (χ3n) is 3.71. The normalized spacial score (nSPS) is 18.1. The molecule has 5 nitrogen and oxygen atoms in total. The number of hydrogen-bond acceptors (Lipinski definition) is 3. The van der Waals surface area contributed by atoms with E-state index in [1.807, 2.05) is 6.92 Å². The van der Waals surface area contributed by atoms with E-state index in [1.165, 1.54) is 0 Å². The van der Waals surface area contributed by atoms with Crippen molar-refractivity contribution in [2.45, 2.75) is 46.1 Å². The first-order chi connectivity index (χ1) is 9.12. The predicted molar refractivity (Wildman–Crippen MR) is 75.8 cm³/mol. The lowest BCUT2D eigenvalue weighted by Crippen LogP contribution is -2.53. The predicted octanol–water partition coefficient (Wildman–Crippen LogP) is 0.845. The van der Waals surface area contributed by atoms with Crippen LogP contribution in [0.4, 0.5) is 0 Å². The summed E-state index contributed by atoms with van der Waals surface area (Å²) in [6.45, 7) is 8.98. The molecule has 1 unspecified atom stereocenters. The molecule has 0 aromatic carbocycles. The van der Waals surface area contributed by atoms with E-state index in [-0.39, 0.29) is 24.9 Å². The molecule has 0 bridgehead atoms. The molecule has 1 fully saturated rings. The number of hydrogen-bond donors (Lipinski definition) is 1. The zero-order valence-electron chi connectivity index (χ0n) is 12.4. The van der Waals surface area contributed by atoms with Gasteiger partial charge in [-0.1, -0.05) is 13.8 Å². The van der Waals surface area contributed by atoms with Crippen molar-refractivity contribution in [1.29, 1.82) is 0 Å². The van der Waals surface area contributed by atoms with E-state index in [2.05, 4.69) is 19.2 Å². The molecule has 1 saturated heterocycles. The summed E-state index contributed by atoms with van der Waals surface area (Å²) < 4.78 is 0. The maximum Gasteiger partial charge on any atom is 0.242 e. The van der Waals surface area contributed by atoms with Crippen LogP contribution >= 0.6 is 0 Å². The minimum Gasteiger partial charge on any atom is -0.332 e. The summed E-state index contributed by atoms with van der Waals surface area (Å²) in [7, 11) is 0. The van der Waals surface area contributed by atoms with E-state index in [4.69, 9.17) is 0 Å². The second-order valence-electron chi connectivity index (χ2n) is 5.03. The van der Waals surface area contributed by atoms with E-state index in [0.29, 0.717) is 19.1 Å². The van der Waals surface area contributed by atoms with Gasteiger partial charge in [0, 0.05) is 19.1 Å². The Hall–Kier alpha value is -1.10. The minimum absolute atomic E-state index is 0.0702. The van der Waals surface area contributed by atoms with E-state index < -0.39 is 0 Å². The van der Waals surface area contributed by atoms with E-state index in [1.54, 1.807) is 9.80 Å². The number of carbonyl (C=O) groups is 2. The van der Waals surface area contributed by atoms with Crippen molar-refractivity contribution in [1.82, 2.24) is 15.1 Å². The average molecular weight is 269 g/mol. The van der Waals surface area contributed by atoms with Crippen molar-refractivity contribution in [3.05, 3.63) is 0 Å². The Bertz CT molecular complexity index is 307. The van der Waals surface area contributed by atoms with Crippen LogP contribution in [0.1, 0.15) is 40.0 Å². The summed E-state index contributed by atoms with van der Waals surface area (Å²) in [5.74, 6) is 0.152. The fraction of sp³-hybridized carbons (Fsp3) is 0.857. The fourth-order valence-corrected chi connectivity index (χ4v) is 2.46. The summed E-state index contributed by atoms with van der Waals surface area (Å²) in [6, 6.07) is 0.521. The quantitative estimate of drug-likeness (QED) is 0.710. The molecule has 1 N–H and O–H groups in total. The Morgan fingerprint density at radius 1 is 1.11 bits per heavy atom. The Morgan fingerprint density at radius 2 is 1.74 bits per heavy atom. The van der Waals surface area contributed by atoms with Gasteiger partial charge in [0.25, 0.3) is 0 Å². The molecule has 0 saturated carbocycles. The van der Waals surface area contributed by atoms with Gasteiger partial charge in [-0.2, -0.15) is 0 Å². The molecular weight excluding hydrogens is 242 g/mol. The Kier molecular flexibility index (Phi) is 6.84. The summed E-state index contributed by atoms with van der Waals surface area (Å²) in [4.78, 5) is 27.0. The second kappa shape index (κ2) is 8.15. The van der Waals surface area contributed by atoms with Crippen molar-refractivity contribution in [2.75, 3.05) is 32.7 Å². The number of nitrogens with one attached hydrogen (secondary N) is 1. The first kappa shape index (κ1) is 16.0. The van der Waals surface area contributed by atoms with E-state index in [9.17, 15) is 9.59 Å². The molecule has 110 valence electrons. The molecule has 1 atom stereocenters. The van der Waals surface area contributed by atoms with Crippen LogP contribution in [0.25, 0.3) is 0 Å². The Labute approximate surface area is 116 Å². The van der Waals surface area contributed by atoms with Crippen molar-refractivity contribution in [3.63, 3.8) is 0 Å². The van der Waals surface area contributed by atoms with Gasteiger partial charge in [0.05, 0.1) is 13.1 Å². The van der Waals surface area contributed by atoms with Gasteiger partial charge in [0.1, 0.15) is 0 Å². The number of likely N-dealkylation sites (N-methyl/N-ethyl adjacent to an activating group) is 1. The van der Waals surface area contributed by atoms with Gasteiger partial charge in [-0.05, 0) is 32.7 Å². The summed E-state index contributed by atoms with van der Waals surface area (Å²) >= 11 is 0. The molecule has 1 heterocycles. The Balaban J connectivity index is 2.33. The molecule has 19 heavy (non-hydrogen) atoms. The van der Waals surface area contributed by atoms with E-state index in [0.717, 1.165) is 25.8 Å². The maximum absolute atomic E-state index is 11.9. The van der Waals surface area contributed by atoms with Crippen LogP contribution in [0.15, 0.2) is 0 Å². The highest BCUT2D eigenvalue weighted by Gasteiger charge is 2.28. The zero-order valence-corrected chi connectivity index (χ0v) is 12.4. The van der Waals surface area contributed by atoms with Gasteiger partial charge in [-0.25, -0.2) is 0 Å². The van der Waals surface area contributed by atoms with Crippen LogP contribution in [0.5, 0.6) is 0 Å². The highest BCUT2D eigenvalue weighted by molar-refractivity contribution is 5.92. The number of amides is 2. The molecule has 1 aliphatic heterocycles. The van der Waals surface area contributed by atoms with Crippen molar-refractivity contribution in [2.24, 2.45) is 0 Å². The standard InChI is InChI=1S/C14H27N3O2/c1-4-12(15-5-2)8-7-9-17-11-13(18)16(6-3)10-14(17)19/h12,15H,4-11H2,1-3H3. The number of nitrogens with zero attached hydrogens (tertiary/aromatic N) is 2. The van der Waals surface area contributed by atoms with Gasteiger partial charge in [0.15, 0.2) is 0 Å². The van der Waals surface area contributed by atoms with Gasteiger partial charge in [0.2, 0.25) is 11.8 Å². The van der Waals surface area contributed by atoms with Crippen LogP contribution < -0.4 is 5.32 Å². The van der Waals surface area contributed by atoms with Crippen LogP contribution in [0.3, 0.4) is 0 Å². The van der Waals surface area contributed by atoms with Crippen molar-refractivity contribution < 1.29 is 9.59 Å². The molecule has 2 amide bonds. The third kappa shape index (κ3) is 4.82. The van der Waals surface area contributed by atoms with E-state index >= 15 is 0 Å². The summed E-state index contributed by atoms with van der Waals surface area (Å²) in [5.41, 5.74) is 0. The molecule has 0 aromatic rings. The van der Waals surface area contributed by atoms with Crippen LogP contribution in [-0.4, -0.2) is 60.4 Å². The molecule has 1 aliphatic rings. The molecule has 0 radical (unpaired) electrons. The molecule has 5 heteroatoms. The van der Waals surface area contributed by atoms with Gasteiger partial charge in [-0.15, -0.1) is 0 Å². The molecule has 0 aromatic heterocycles. The fourth-order valence-electron chi connectivity index (χ4n) is 2.46. The van der Waals surface area contributed by atoms with Crippen LogP contribution in [-0.2, 0) is 9.59 Å². The topological polar surface area (TPSA) is 52.7 Å². The minimum atomic E-state index is 0.0702. The average Bonchev–Trinajstić information content (AvgIpc) is 2.41. The monoisotopic (exact) mass is 269 g/mol. The lowest BCUT2D eigenvalue weighted by molar-refractivity contribution is -0.149. The smallest absolute Gasteiger partial charge is 0.242 e. The first-order valence-corrected chi connectivity index (χ1v) is 7.41. The lowest BCUT2D eigenvalue weighted by atomic mass is 10.1. The van der Waals surface area contributed by atoms with Gasteiger partial charge < -0.3 is 15.1 Å². The van der Waals surface area contributed by atoms with Crippen molar-refractivity contribution in [3.8, 4) is 0 Å². The number of rotatable bonds is 8. The lowest BCUT2D eigenvalue weighted by Gasteiger charge is -2.33. The van der Waals surface area contributed by atoms with Crippen LogP contribution in [0, 0.1) is 0 Å². The molecule has 0 aliphatic carbocycles. The number of piperazine rings is 1. The largest absolute Gasteiger partial charge is 0.332 e. The maximum atomic E-state index is 11.9. The first-order valence-electron chi connectivity index (χ1n) is 7.41. The SMILES string of the molecule is CCNC(CC)CCCN1CC(=O)N(CC)CC1=O. The molecular formula is C14H27N3O2. The zero-order chi connectivity index (χ0) is 14.3. The molecule has 1 rings (SSSR count). The molecule has 0 spiro atoms. The third-order valence-corrected chi connectivity index (χ3v) is 3.71. The summed E-state index contributed by atoms with van der Waals surface area (Å²) in [5, 5.41) is 3.43. The highest BCUT2D eigenvalue weighted by atomic mass is 16.2. The second-order valence-corrected chi connectivity index (χ2v) is 5.03. The number of carbonyl (C=O) groups excluding carboxylic acids is 2. The van der Waals surface area contributed by atoms with Crippen molar-refractivity contribution >= 4 is 11.8 Å². The highest BCUT2D eigenvalue weighted by Crippen LogP contribution is 2.08. The van der Waals surface area contributed by atoms with Gasteiger partial charge >= 0.3 is 0 Å². The van der Waals surface area contributed by atoms with Crippen LogP contribution in [0.2, 0.25) is 0 Å². The summed E-state index contributed by atoms with van der Waals surface area (Å²) in [6.07, 6.45) is 3.11.